The molecule has 0 bridgehead atoms. The number of hydrogen-bond donors (Lipinski definition) is 1. The summed E-state index contributed by atoms with van der Waals surface area (Å²) in [6, 6.07) is 4.51. The summed E-state index contributed by atoms with van der Waals surface area (Å²) in [5.41, 5.74) is -1.88. The van der Waals surface area contributed by atoms with E-state index in [9.17, 15) is 19.7 Å². The third kappa shape index (κ3) is 2.76. The Morgan fingerprint density at radius 3 is 2.41 bits per heavy atom. The lowest BCUT2D eigenvalue weighted by Crippen LogP contribution is -2.13. The van der Waals surface area contributed by atoms with Crippen molar-refractivity contribution in [2.45, 2.75) is 26.2 Å². The third-order valence-corrected chi connectivity index (χ3v) is 3.02. The van der Waals surface area contributed by atoms with Gasteiger partial charge in [-0.15, -0.1) is 4.74 Å². The van der Waals surface area contributed by atoms with Crippen LogP contribution in [0.25, 0.3) is 5.69 Å². The molecule has 0 spiro atoms. The molecule has 0 amide bonds. The Kier molecular flexibility index (Phi) is 3.62. The van der Waals surface area contributed by atoms with E-state index in [1.54, 1.807) is 0 Å². The number of nitro benzene ring substituents is 1. The molecule has 116 valence electrons. The maximum Gasteiger partial charge on any atom is 0.335 e. The molecule has 1 heterocycles. The van der Waals surface area contributed by atoms with Gasteiger partial charge in [-0.25, -0.2) is 4.79 Å². The molecule has 2 rings (SSSR count). The lowest BCUT2D eigenvalue weighted by molar-refractivity contribution is -0.384. The van der Waals surface area contributed by atoms with Gasteiger partial charge in [0.05, 0.1) is 10.5 Å². The first kappa shape index (κ1) is 15.5. The van der Waals surface area contributed by atoms with Crippen molar-refractivity contribution in [3.63, 3.8) is 0 Å². The van der Waals surface area contributed by atoms with Gasteiger partial charge in [-0.3, -0.25) is 14.9 Å². The number of aromatic carboxylic acids is 1. The predicted octanol–water partition coefficient (Wildman–Crippen LogP) is 2.33. The minimum absolute atomic E-state index is 0.115. The number of nitro groups is 1. The highest BCUT2D eigenvalue weighted by molar-refractivity contribution is 5.89. The quantitative estimate of drug-likeness (QED) is 0.687. The van der Waals surface area contributed by atoms with E-state index in [0.717, 1.165) is 10.8 Å². The molecule has 1 aromatic heterocycles. The van der Waals surface area contributed by atoms with Crippen LogP contribution in [0.15, 0.2) is 33.6 Å². The van der Waals surface area contributed by atoms with Crippen LogP contribution in [0.3, 0.4) is 0 Å². The summed E-state index contributed by atoms with van der Waals surface area (Å²) in [4.78, 5) is 33.3. The van der Waals surface area contributed by atoms with Gasteiger partial charge in [0.15, 0.2) is 5.69 Å². The van der Waals surface area contributed by atoms with E-state index in [-0.39, 0.29) is 11.3 Å². The number of benzene rings is 1. The number of hydrogen-bond acceptors (Lipinski definition) is 5. The van der Waals surface area contributed by atoms with Gasteiger partial charge in [0.1, 0.15) is 5.76 Å². The monoisotopic (exact) mass is 306 g/mol. The lowest BCUT2D eigenvalue weighted by atomic mass is 9.94. The Hall–Kier alpha value is -2.90. The molecule has 2 aromatic rings. The van der Waals surface area contributed by atoms with E-state index in [1.807, 2.05) is 20.8 Å². The van der Waals surface area contributed by atoms with Gasteiger partial charge in [0.2, 0.25) is 0 Å². The highest BCUT2D eigenvalue weighted by Gasteiger charge is 2.25. The summed E-state index contributed by atoms with van der Waals surface area (Å²) >= 11 is 0. The van der Waals surface area contributed by atoms with E-state index in [1.165, 1.54) is 18.2 Å². The molecule has 0 aliphatic rings. The second-order valence-electron chi connectivity index (χ2n) is 5.75. The van der Waals surface area contributed by atoms with Gasteiger partial charge in [-0.2, -0.15) is 0 Å². The van der Waals surface area contributed by atoms with Crippen LogP contribution < -0.4 is 5.56 Å². The van der Waals surface area contributed by atoms with Crippen molar-refractivity contribution in [3.05, 3.63) is 56.1 Å². The molecule has 0 saturated heterocycles. The zero-order valence-electron chi connectivity index (χ0n) is 12.2. The van der Waals surface area contributed by atoms with Crippen molar-refractivity contribution < 1.29 is 19.3 Å². The molecule has 22 heavy (non-hydrogen) atoms. The van der Waals surface area contributed by atoms with Crippen molar-refractivity contribution in [3.8, 4) is 5.69 Å². The van der Waals surface area contributed by atoms with Gasteiger partial charge in [-0.1, -0.05) is 20.8 Å². The van der Waals surface area contributed by atoms with Gasteiger partial charge >= 0.3 is 5.97 Å². The fourth-order valence-electron chi connectivity index (χ4n) is 1.84. The van der Waals surface area contributed by atoms with Crippen LogP contribution in [0.5, 0.6) is 0 Å². The Morgan fingerprint density at radius 1 is 1.32 bits per heavy atom. The number of carboxylic acid groups (broad SMARTS) is 1. The predicted molar refractivity (Wildman–Crippen MR) is 76.6 cm³/mol. The van der Waals surface area contributed by atoms with Crippen LogP contribution in [-0.4, -0.2) is 20.7 Å². The van der Waals surface area contributed by atoms with Crippen molar-refractivity contribution in [2.75, 3.05) is 0 Å². The lowest BCUT2D eigenvalue weighted by Gasteiger charge is -2.13. The van der Waals surface area contributed by atoms with Crippen molar-refractivity contribution in [2.24, 2.45) is 0 Å². The van der Waals surface area contributed by atoms with Crippen molar-refractivity contribution >= 4 is 11.7 Å². The first-order chi connectivity index (χ1) is 10.1. The summed E-state index contributed by atoms with van der Waals surface area (Å²) < 4.78 is 6.20. The number of rotatable bonds is 3. The Morgan fingerprint density at radius 2 is 1.95 bits per heavy atom. The molecule has 0 aliphatic carbocycles. The Balaban J connectivity index is 2.68. The first-order valence-corrected chi connectivity index (χ1v) is 6.37. The summed E-state index contributed by atoms with van der Waals surface area (Å²) in [5, 5.41) is 20.0. The molecule has 1 aromatic carbocycles. The topological polar surface area (TPSA) is 116 Å². The smallest absolute Gasteiger partial charge is 0.335 e. The molecule has 0 atom stereocenters. The molecular formula is C14H14N2O6. The Bertz CT molecular complexity index is 809. The zero-order valence-corrected chi connectivity index (χ0v) is 12.2. The summed E-state index contributed by atoms with van der Waals surface area (Å²) in [5.74, 6) is -0.925. The summed E-state index contributed by atoms with van der Waals surface area (Å²) in [6.45, 7) is 5.49. The van der Waals surface area contributed by atoms with Crippen molar-refractivity contribution in [1.29, 1.82) is 0 Å². The first-order valence-electron chi connectivity index (χ1n) is 6.37. The van der Waals surface area contributed by atoms with E-state index < -0.39 is 27.6 Å². The number of carbonyl (C=O) groups is 1. The number of carboxylic acids is 1. The molecular weight excluding hydrogens is 292 g/mol. The normalized spacial score (nSPS) is 11.4. The maximum atomic E-state index is 12.0. The third-order valence-electron chi connectivity index (χ3n) is 3.02. The van der Waals surface area contributed by atoms with Crippen LogP contribution in [0.2, 0.25) is 0 Å². The molecule has 0 aliphatic heterocycles. The van der Waals surface area contributed by atoms with E-state index in [0.29, 0.717) is 5.76 Å². The largest absolute Gasteiger partial charge is 0.478 e. The molecule has 1 N–H and O–H groups in total. The second-order valence-corrected chi connectivity index (χ2v) is 5.75. The average Bonchev–Trinajstić information content (AvgIpc) is 2.79. The molecule has 8 nitrogen and oxygen atoms in total. The van der Waals surface area contributed by atoms with Gasteiger partial charge in [0.25, 0.3) is 11.2 Å². The maximum absolute atomic E-state index is 12.0. The van der Waals surface area contributed by atoms with Gasteiger partial charge < -0.3 is 9.63 Å². The molecule has 0 radical (unpaired) electrons. The van der Waals surface area contributed by atoms with Crippen LogP contribution in [0.1, 0.15) is 36.9 Å². The van der Waals surface area contributed by atoms with Crippen molar-refractivity contribution in [1.82, 2.24) is 4.74 Å². The molecule has 8 heteroatoms. The minimum atomic E-state index is -1.29. The van der Waals surface area contributed by atoms with Gasteiger partial charge in [-0.05, 0) is 12.1 Å². The van der Waals surface area contributed by atoms with Crippen LogP contribution in [0.4, 0.5) is 5.69 Å². The van der Waals surface area contributed by atoms with Crippen LogP contribution >= 0.6 is 0 Å². The van der Waals surface area contributed by atoms with E-state index in [4.69, 9.17) is 9.63 Å². The Labute approximate surface area is 124 Å². The highest BCUT2D eigenvalue weighted by Crippen LogP contribution is 2.26. The standard InChI is InChI=1S/C14H14N2O6/c1-14(2,3)11-7-12(17)15(22-11)9-5-4-8(13(18)19)6-10(9)16(20)21/h4-7H,1-3H3,(H,18,19). The average molecular weight is 306 g/mol. The summed E-state index contributed by atoms with van der Waals surface area (Å²) in [7, 11) is 0. The fraction of sp³-hybridized carbons (Fsp3) is 0.286. The molecule has 0 saturated carbocycles. The van der Waals surface area contributed by atoms with Crippen LogP contribution in [0, 0.1) is 10.1 Å². The second kappa shape index (κ2) is 5.14. The zero-order chi connectivity index (χ0) is 16.7. The minimum Gasteiger partial charge on any atom is -0.478 e. The number of nitrogens with zero attached hydrogens (tertiary/aromatic N) is 2. The molecule has 0 unspecified atom stereocenters. The van der Waals surface area contributed by atoms with Crippen LogP contribution in [-0.2, 0) is 5.41 Å². The molecule has 0 fully saturated rings. The van der Waals surface area contributed by atoms with E-state index >= 15 is 0 Å². The van der Waals surface area contributed by atoms with E-state index in [2.05, 4.69) is 0 Å². The highest BCUT2D eigenvalue weighted by atomic mass is 16.6. The number of aromatic nitrogens is 1. The summed E-state index contributed by atoms with van der Waals surface area (Å²) in [6.07, 6.45) is 0. The fourth-order valence-corrected chi connectivity index (χ4v) is 1.84. The van der Waals surface area contributed by atoms with Gasteiger partial charge in [0, 0.05) is 17.5 Å². The SMILES string of the molecule is CC(C)(C)c1cc(=O)n(-c2ccc(C(=O)O)cc2[N+](=O)[O-])o1.